The van der Waals surface area contributed by atoms with Crippen molar-refractivity contribution in [3.63, 3.8) is 0 Å². The maximum Gasteiger partial charge on any atom is 0.282 e. The highest BCUT2D eigenvalue weighted by molar-refractivity contribution is 6.46. The maximum absolute atomic E-state index is 13.6. The molecule has 1 heterocycles. The second-order valence-corrected chi connectivity index (χ2v) is 7.81. The summed E-state index contributed by atoms with van der Waals surface area (Å²) in [6.45, 7) is 0. The van der Waals surface area contributed by atoms with Crippen LogP contribution in [0.2, 0.25) is 0 Å². The van der Waals surface area contributed by atoms with Gasteiger partial charge in [-0.3, -0.25) is 9.59 Å². The summed E-state index contributed by atoms with van der Waals surface area (Å²) in [6.07, 6.45) is 0. The molecule has 0 saturated heterocycles. The van der Waals surface area contributed by atoms with E-state index in [0.29, 0.717) is 22.7 Å². The van der Waals surface area contributed by atoms with Crippen LogP contribution in [-0.4, -0.2) is 40.1 Å². The van der Waals surface area contributed by atoms with E-state index in [1.165, 1.54) is 38.5 Å². The van der Waals surface area contributed by atoms with E-state index in [4.69, 9.17) is 9.47 Å². The highest BCUT2D eigenvalue weighted by Gasteiger charge is 2.41. The highest BCUT2D eigenvalue weighted by Crippen LogP contribution is 2.39. The van der Waals surface area contributed by atoms with Crippen LogP contribution in [0.15, 0.2) is 72.4 Å². The predicted octanol–water partition coefficient (Wildman–Crippen LogP) is 4.31. The first-order valence-electron chi connectivity index (χ1n) is 10.5. The number of carbonyl (C=O) groups is 2. The van der Waals surface area contributed by atoms with Gasteiger partial charge in [0, 0.05) is 31.5 Å². The van der Waals surface area contributed by atoms with E-state index in [9.17, 15) is 14.0 Å². The predicted molar refractivity (Wildman–Crippen MR) is 130 cm³/mol. The minimum atomic E-state index is -0.551. The average Bonchev–Trinajstić information content (AvgIpc) is 3.08. The number of halogens is 1. The van der Waals surface area contributed by atoms with Gasteiger partial charge in [0.1, 0.15) is 23.0 Å². The molecule has 2 amide bonds. The number of amides is 2. The molecule has 4 rings (SSSR count). The minimum absolute atomic E-state index is 0.0899. The summed E-state index contributed by atoms with van der Waals surface area (Å²) in [5.41, 5.74) is 2.54. The molecule has 3 aromatic carbocycles. The molecule has 34 heavy (non-hydrogen) atoms. The number of ether oxygens (including phenoxy) is 2. The summed E-state index contributed by atoms with van der Waals surface area (Å²) >= 11 is 0. The molecule has 0 saturated carbocycles. The number of rotatable bonds is 7. The number of hydrogen-bond donors (Lipinski definition) is 1. The van der Waals surface area contributed by atoms with Crippen LogP contribution in [0.3, 0.4) is 0 Å². The Bertz CT molecular complexity index is 1270. The van der Waals surface area contributed by atoms with Crippen molar-refractivity contribution in [2.45, 2.75) is 0 Å². The van der Waals surface area contributed by atoms with Gasteiger partial charge in [-0.2, -0.15) is 0 Å². The standard InChI is InChI=1S/C26H24FN3O4/c1-29(2)19-11-9-18(10-12-19)28-24-23(16-5-7-17(27)8-6-16)25(31)30(26(24)32)21-14-13-20(33-3)15-22(21)34-4/h5-15,28H,1-4H3. The van der Waals surface area contributed by atoms with Gasteiger partial charge >= 0.3 is 0 Å². The van der Waals surface area contributed by atoms with E-state index >= 15 is 0 Å². The lowest BCUT2D eigenvalue weighted by Crippen LogP contribution is -2.32. The molecule has 0 aromatic heterocycles. The van der Waals surface area contributed by atoms with Crippen LogP contribution in [0.5, 0.6) is 11.5 Å². The number of nitrogens with one attached hydrogen (secondary N) is 1. The van der Waals surface area contributed by atoms with Crippen LogP contribution in [0.4, 0.5) is 21.5 Å². The van der Waals surface area contributed by atoms with Gasteiger partial charge in [0.25, 0.3) is 11.8 Å². The van der Waals surface area contributed by atoms with Crippen molar-refractivity contribution in [2.24, 2.45) is 0 Å². The number of imide groups is 1. The normalized spacial score (nSPS) is 13.4. The summed E-state index contributed by atoms with van der Waals surface area (Å²) in [5.74, 6) is -0.720. The summed E-state index contributed by atoms with van der Waals surface area (Å²) in [7, 11) is 6.81. The van der Waals surface area contributed by atoms with Crippen LogP contribution in [0.25, 0.3) is 5.57 Å². The van der Waals surface area contributed by atoms with Crippen molar-refractivity contribution >= 4 is 34.4 Å². The van der Waals surface area contributed by atoms with Gasteiger partial charge in [-0.25, -0.2) is 9.29 Å². The van der Waals surface area contributed by atoms with Gasteiger partial charge in [0.2, 0.25) is 0 Å². The molecule has 7 nitrogen and oxygen atoms in total. The zero-order valence-corrected chi connectivity index (χ0v) is 19.3. The summed E-state index contributed by atoms with van der Waals surface area (Å²) in [5, 5.41) is 3.10. The summed E-state index contributed by atoms with van der Waals surface area (Å²) in [4.78, 5) is 30.2. The fourth-order valence-corrected chi connectivity index (χ4v) is 3.71. The lowest BCUT2D eigenvalue weighted by atomic mass is 10.0. The van der Waals surface area contributed by atoms with Crippen LogP contribution in [0, 0.1) is 5.82 Å². The lowest BCUT2D eigenvalue weighted by Gasteiger charge is -2.19. The zero-order chi connectivity index (χ0) is 24.4. The van der Waals surface area contributed by atoms with Gasteiger partial charge in [0.15, 0.2) is 0 Å². The minimum Gasteiger partial charge on any atom is -0.497 e. The van der Waals surface area contributed by atoms with E-state index in [1.54, 1.807) is 18.2 Å². The number of benzene rings is 3. The Labute approximate surface area is 197 Å². The molecule has 0 spiro atoms. The third-order valence-corrected chi connectivity index (χ3v) is 5.50. The van der Waals surface area contributed by atoms with Crippen molar-refractivity contribution in [2.75, 3.05) is 43.4 Å². The van der Waals surface area contributed by atoms with Crippen LogP contribution in [0.1, 0.15) is 5.56 Å². The van der Waals surface area contributed by atoms with Crippen molar-refractivity contribution < 1.29 is 23.5 Å². The number of hydrogen-bond acceptors (Lipinski definition) is 6. The van der Waals surface area contributed by atoms with Gasteiger partial charge in [-0.15, -0.1) is 0 Å². The Morgan fingerprint density at radius 3 is 2.12 bits per heavy atom. The zero-order valence-electron chi connectivity index (χ0n) is 19.3. The summed E-state index contributed by atoms with van der Waals surface area (Å²) < 4.78 is 24.2. The quantitative estimate of drug-likeness (QED) is 0.529. The number of nitrogens with zero attached hydrogens (tertiary/aromatic N) is 2. The number of anilines is 3. The fraction of sp³-hybridized carbons (Fsp3) is 0.154. The molecule has 8 heteroatoms. The third-order valence-electron chi connectivity index (χ3n) is 5.50. The molecule has 1 N–H and O–H groups in total. The molecule has 174 valence electrons. The molecular weight excluding hydrogens is 437 g/mol. The molecular formula is C26H24FN3O4. The van der Waals surface area contributed by atoms with E-state index in [2.05, 4.69) is 5.32 Å². The maximum atomic E-state index is 13.6. The van der Waals surface area contributed by atoms with Crippen molar-refractivity contribution in [3.8, 4) is 11.5 Å². The smallest absolute Gasteiger partial charge is 0.282 e. The van der Waals surface area contributed by atoms with Gasteiger partial charge < -0.3 is 19.7 Å². The Morgan fingerprint density at radius 2 is 1.53 bits per heavy atom. The highest BCUT2D eigenvalue weighted by atomic mass is 19.1. The molecule has 0 aliphatic carbocycles. The average molecular weight is 461 g/mol. The molecule has 1 aliphatic rings. The van der Waals surface area contributed by atoms with Crippen LogP contribution >= 0.6 is 0 Å². The fourth-order valence-electron chi connectivity index (χ4n) is 3.71. The van der Waals surface area contributed by atoms with E-state index < -0.39 is 17.6 Å². The molecule has 0 unspecified atom stereocenters. The lowest BCUT2D eigenvalue weighted by molar-refractivity contribution is -0.120. The van der Waals surface area contributed by atoms with E-state index in [1.807, 2.05) is 43.3 Å². The SMILES string of the molecule is COc1ccc(N2C(=O)C(Nc3ccc(N(C)C)cc3)=C(c3ccc(F)cc3)C2=O)c(OC)c1. The number of carbonyl (C=O) groups excluding carboxylic acids is 2. The van der Waals surface area contributed by atoms with Gasteiger partial charge in [0.05, 0.1) is 25.5 Å². The first-order valence-corrected chi connectivity index (χ1v) is 10.5. The number of methoxy groups -OCH3 is 2. The monoisotopic (exact) mass is 461 g/mol. The molecule has 0 radical (unpaired) electrons. The molecule has 1 aliphatic heterocycles. The summed E-state index contributed by atoms with van der Waals surface area (Å²) in [6, 6.07) is 17.7. The Hall–Kier alpha value is -4.33. The topological polar surface area (TPSA) is 71.1 Å². The van der Waals surface area contributed by atoms with E-state index in [-0.39, 0.29) is 17.0 Å². The molecule has 0 bridgehead atoms. The first kappa shape index (κ1) is 22.8. The largest absolute Gasteiger partial charge is 0.497 e. The van der Waals surface area contributed by atoms with Crippen LogP contribution in [-0.2, 0) is 9.59 Å². The van der Waals surface area contributed by atoms with Gasteiger partial charge in [-0.1, -0.05) is 12.1 Å². The first-order chi connectivity index (χ1) is 16.3. The molecule has 0 fully saturated rings. The second-order valence-electron chi connectivity index (χ2n) is 7.81. The molecule has 3 aromatic rings. The Morgan fingerprint density at radius 1 is 0.853 bits per heavy atom. The Balaban J connectivity index is 1.80. The van der Waals surface area contributed by atoms with Crippen molar-refractivity contribution in [1.29, 1.82) is 0 Å². The van der Waals surface area contributed by atoms with E-state index in [0.717, 1.165) is 10.6 Å². The molecule has 0 atom stereocenters. The van der Waals surface area contributed by atoms with Gasteiger partial charge in [-0.05, 0) is 54.1 Å². The Kier molecular flexibility index (Phi) is 6.23. The van der Waals surface area contributed by atoms with Crippen molar-refractivity contribution in [3.05, 3.63) is 83.8 Å². The van der Waals surface area contributed by atoms with Crippen molar-refractivity contribution in [1.82, 2.24) is 0 Å². The van der Waals surface area contributed by atoms with Crippen LogP contribution < -0.4 is 24.6 Å². The third kappa shape index (κ3) is 4.17. The second kappa shape index (κ2) is 9.27.